The molecule has 101 heavy (non-hydrogen) atoms. The largest absolute Gasteiger partial charge is 0.311 e. The normalized spacial score (nSPS) is 12.3. The number of nitrogens with zero attached hydrogens (tertiary/aromatic N) is 4. The standard InChI is InChI=1S/C96H61BN4/c1-7-25-62(26-8-1)72-47-73(63-27-9-2-10-28-63)51-82(50-72)95-86-41-23-24-42-89(86)98-96(99-95)83-60-92-94-93(61-83)101(85-54-76(66-33-15-5-16-34-66)49-77(55-85)67-35-17-6-18-36-67)91-59-81-46-71-40-22-20-38-69(71)44-79(81)57-88(91)97(94)87-56-78-43-68-37-19-21-39-70(68)45-80(78)58-90(87)100(92)84-52-74(64-29-11-3-12-30-64)48-75(53-84)65-31-13-4-14-32-65/h1-61H. The van der Waals surface area contributed by atoms with Gasteiger partial charge in [0.05, 0.1) is 11.2 Å². The summed E-state index contributed by atoms with van der Waals surface area (Å²) in [6, 6.07) is 137. The minimum atomic E-state index is -0.250. The van der Waals surface area contributed by atoms with Crippen LogP contribution >= 0.6 is 0 Å². The van der Waals surface area contributed by atoms with E-state index in [0.717, 1.165) is 129 Å². The molecule has 0 spiro atoms. The molecule has 0 saturated heterocycles. The van der Waals surface area contributed by atoms with Gasteiger partial charge in [-0.15, -0.1) is 0 Å². The summed E-state index contributed by atoms with van der Waals surface area (Å²) >= 11 is 0. The molecule has 2 aliphatic heterocycles. The number of hydrogen-bond donors (Lipinski definition) is 0. The summed E-state index contributed by atoms with van der Waals surface area (Å²) in [4.78, 5) is 16.9. The second kappa shape index (κ2) is 23.8. The van der Waals surface area contributed by atoms with E-state index in [1.807, 2.05) is 0 Å². The van der Waals surface area contributed by atoms with E-state index in [1.54, 1.807) is 0 Å². The maximum absolute atomic E-state index is 5.96. The lowest BCUT2D eigenvalue weighted by atomic mass is 9.33. The Hall–Kier alpha value is -13.2. The summed E-state index contributed by atoms with van der Waals surface area (Å²) in [5.41, 5.74) is 27.2. The molecule has 20 rings (SSSR count). The van der Waals surface area contributed by atoms with Gasteiger partial charge in [-0.3, -0.25) is 0 Å². The number of aromatic nitrogens is 2. The van der Waals surface area contributed by atoms with E-state index >= 15 is 0 Å². The summed E-state index contributed by atoms with van der Waals surface area (Å²) in [7, 11) is 0. The zero-order chi connectivity index (χ0) is 66.5. The number of fused-ring (bicyclic) bond motifs is 9. The molecule has 1 aromatic heterocycles. The van der Waals surface area contributed by atoms with E-state index in [1.165, 1.54) is 59.5 Å². The van der Waals surface area contributed by atoms with Gasteiger partial charge in [0.25, 0.3) is 6.71 Å². The predicted octanol–water partition coefficient (Wildman–Crippen LogP) is 23.7. The van der Waals surface area contributed by atoms with Crippen LogP contribution in [-0.4, -0.2) is 16.7 Å². The molecule has 5 heteroatoms. The van der Waals surface area contributed by atoms with Crippen LogP contribution in [0.5, 0.6) is 0 Å². The molecule has 17 aromatic carbocycles. The summed E-state index contributed by atoms with van der Waals surface area (Å²) in [6.07, 6.45) is 0. The summed E-state index contributed by atoms with van der Waals surface area (Å²) in [5.74, 6) is 0.623. The van der Waals surface area contributed by atoms with Crippen molar-refractivity contribution in [2.75, 3.05) is 9.80 Å². The summed E-state index contributed by atoms with van der Waals surface area (Å²) < 4.78 is 0. The molecule has 0 N–H and O–H groups in total. The van der Waals surface area contributed by atoms with E-state index in [0.29, 0.717) is 5.82 Å². The number of benzene rings is 17. The average molecular weight is 1280 g/mol. The molecule has 2 aliphatic rings. The zero-order valence-electron chi connectivity index (χ0n) is 55.1. The fourth-order valence-electron chi connectivity index (χ4n) is 16.0. The topological polar surface area (TPSA) is 32.3 Å². The van der Waals surface area contributed by atoms with Gasteiger partial charge in [0.2, 0.25) is 0 Å². The first-order valence-electron chi connectivity index (χ1n) is 34.8. The van der Waals surface area contributed by atoms with Crippen LogP contribution in [0, 0.1) is 0 Å². The minimum Gasteiger partial charge on any atom is -0.311 e. The Morgan fingerprint density at radius 2 is 0.515 bits per heavy atom. The van der Waals surface area contributed by atoms with E-state index in [-0.39, 0.29) is 6.71 Å². The van der Waals surface area contributed by atoms with Crippen LogP contribution in [-0.2, 0) is 0 Å². The van der Waals surface area contributed by atoms with Gasteiger partial charge in [0.15, 0.2) is 5.82 Å². The number of para-hydroxylation sites is 1. The molecular formula is C96H61BN4. The van der Waals surface area contributed by atoms with Crippen molar-refractivity contribution in [1.29, 1.82) is 0 Å². The van der Waals surface area contributed by atoms with Gasteiger partial charge in [-0.1, -0.05) is 261 Å². The van der Waals surface area contributed by atoms with Gasteiger partial charge in [-0.25, -0.2) is 9.97 Å². The molecule has 0 amide bonds. The fourth-order valence-corrected chi connectivity index (χ4v) is 16.0. The van der Waals surface area contributed by atoms with Crippen LogP contribution in [0.2, 0.25) is 0 Å². The third kappa shape index (κ3) is 10.2. The van der Waals surface area contributed by atoms with Crippen molar-refractivity contribution in [3.05, 3.63) is 370 Å². The molecule has 468 valence electrons. The molecule has 0 bridgehead atoms. The third-order valence-electron chi connectivity index (χ3n) is 20.8. The van der Waals surface area contributed by atoms with Crippen molar-refractivity contribution in [3.63, 3.8) is 0 Å². The number of hydrogen-bond acceptors (Lipinski definition) is 4. The van der Waals surface area contributed by atoms with Crippen molar-refractivity contribution in [1.82, 2.24) is 9.97 Å². The van der Waals surface area contributed by atoms with Gasteiger partial charge in [0.1, 0.15) is 0 Å². The van der Waals surface area contributed by atoms with Crippen molar-refractivity contribution >= 4 is 111 Å². The van der Waals surface area contributed by atoms with Crippen LogP contribution in [0.4, 0.5) is 34.1 Å². The average Bonchev–Trinajstić information content (AvgIpc) is 0.688. The highest BCUT2D eigenvalue weighted by atomic mass is 15.2. The quantitative estimate of drug-likeness (QED) is 0.101. The lowest BCUT2D eigenvalue weighted by molar-refractivity contribution is 1.21. The maximum Gasteiger partial charge on any atom is 0.252 e. The van der Waals surface area contributed by atoms with E-state index < -0.39 is 0 Å². The van der Waals surface area contributed by atoms with Gasteiger partial charge >= 0.3 is 0 Å². The second-order valence-corrected chi connectivity index (χ2v) is 26.9. The Kier molecular flexibility index (Phi) is 13.7. The van der Waals surface area contributed by atoms with Crippen LogP contribution in [0.3, 0.4) is 0 Å². The van der Waals surface area contributed by atoms with Crippen molar-refractivity contribution in [2.45, 2.75) is 0 Å². The number of rotatable bonds is 10. The van der Waals surface area contributed by atoms with Crippen LogP contribution < -0.4 is 26.2 Å². The minimum absolute atomic E-state index is 0.250. The lowest BCUT2D eigenvalue weighted by Crippen LogP contribution is -2.61. The Morgan fingerprint density at radius 1 is 0.208 bits per heavy atom. The molecule has 0 unspecified atom stereocenters. The fraction of sp³-hybridized carbons (Fsp3) is 0. The first-order chi connectivity index (χ1) is 50.0. The van der Waals surface area contributed by atoms with Gasteiger partial charge < -0.3 is 9.80 Å². The van der Waals surface area contributed by atoms with Gasteiger partial charge in [-0.2, -0.15) is 0 Å². The SMILES string of the molecule is c1ccc(-c2cc(-c3ccccc3)cc(-c3nc(-c4cc5c6c(c4)N(c4cc(-c7ccccc7)cc(-c7ccccc7)c4)c4cc7cc8ccccc8cc7cc4B6c4cc6cc7ccccc7cc6cc4N5c4cc(-c5ccccc5)cc(-c5ccccc5)c4)nc4ccccc34)c2)cc1. The highest BCUT2D eigenvalue weighted by molar-refractivity contribution is 7.00. The van der Waals surface area contributed by atoms with Crippen LogP contribution in [0.1, 0.15) is 0 Å². The molecule has 3 heterocycles. The molecule has 0 aliphatic carbocycles. The van der Waals surface area contributed by atoms with Crippen LogP contribution in [0.15, 0.2) is 370 Å². The molecular weight excluding hydrogens is 1220 g/mol. The highest BCUT2D eigenvalue weighted by Gasteiger charge is 2.45. The van der Waals surface area contributed by atoms with Crippen molar-refractivity contribution in [3.8, 4) is 89.4 Å². The van der Waals surface area contributed by atoms with Crippen molar-refractivity contribution < 1.29 is 0 Å². The smallest absolute Gasteiger partial charge is 0.252 e. The van der Waals surface area contributed by atoms with E-state index in [4.69, 9.17) is 9.97 Å². The molecule has 0 saturated carbocycles. The monoisotopic (exact) mass is 1280 g/mol. The summed E-state index contributed by atoms with van der Waals surface area (Å²) in [6.45, 7) is -0.250. The molecule has 4 nitrogen and oxygen atoms in total. The van der Waals surface area contributed by atoms with E-state index in [9.17, 15) is 0 Å². The second-order valence-electron chi connectivity index (χ2n) is 26.9. The Bertz CT molecular complexity index is 5870. The van der Waals surface area contributed by atoms with Gasteiger partial charge in [0, 0.05) is 50.6 Å². The molecule has 18 aromatic rings. The van der Waals surface area contributed by atoms with Gasteiger partial charge in [-0.05, 0) is 235 Å². The maximum atomic E-state index is 5.96. The first kappa shape index (κ1) is 58.0. The third-order valence-corrected chi connectivity index (χ3v) is 20.8. The molecule has 0 fully saturated rings. The predicted molar refractivity (Wildman–Crippen MR) is 427 cm³/mol. The summed E-state index contributed by atoms with van der Waals surface area (Å²) in [5, 5.41) is 10.5. The zero-order valence-corrected chi connectivity index (χ0v) is 55.1. The number of anilines is 6. The Balaban J connectivity index is 0.938. The Labute approximate surface area is 586 Å². The lowest BCUT2D eigenvalue weighted by Gasteiger charge is -2.45. The first-order valence-corrected chi connectivity index (χ1v) is 34.8. The molecule has 0 atom stereocenters. The Morgan fingerprint density at radius 3 is 0.881 bits per heavy atom. The van der Waals surface area contributed by atoms with E-state index in [2.05, 4.69) is 380 Å². The van der Waals surface area contributed by atoms with Crippen LogP contribution in [0.25, 0.3) is 143 Å². The highest BCUT2D eigenvalue weighted by Crippen LogP contribution is 2.50. The molecule has 0 radical (unpaired) electrons. The van der Waals surface area contributed by atoms with Crippen molar-refractivity contribution in [2.24, 2.45) is 0 Å².